The Kier molecular flexibility index (Phi) is 4.40. The van der Waals surface area contributed by atoms with E-state index in [4.69, 9.17) is 4.74 Å². The fraction of sp³-hybridized carbons (Fsp3) is 0.125. The lowest BCUT2D eigenvalue weighted by molar-refractivity contribution is 0.297. The molecule has 118 valence electrons. The van der Waals surface area contributed by atoms with Gasteiger partial charge in [-0.3, -0.25) is 0 Å². The van der Waals surface area contributed by atoms with E-state index in [1.54, 1.807) is 41.7 Å². The molecular formula is C16H14N2O3S2. The summed E-state index contributed by atoms with van der Waals surface area (Å²) in [7, 11) is -3.20. The molecule has 2 aromatic heterocycles. The molecule has 0 aliphatic rings. The van der Waals surface area contributed by atoms with Crippen LogP contribution in [0.25, 0.3) is 11.3 Å². The quantitative estimate of drug-likeness (QED) is 0.710. The number of nitrogens with zero attached hydrogens (tertiary/aromatic N) is 2. The van der Waals surface area contributed by atoms with Gasteiger partial charge in [-0.15, -0.1) is 11.3 Å². The maximum absolute atomic E-state index is 11.5. The average molecular weight is 346 g/mol. The monoisotopic (exact) mass is 346 g/mol. The summed E-state index contributed by atoms with van der Waals surface area (Å²) in [5.41, 5.74) is 1.49. The number of ether oxygens (including phenoxy) is 1. The molecule has 0 radical (unpaired) electrons. The first-order chi connectivity index (χ1) is 11.0. The fourth-order valence-corrected chi connectivity index (χ4v) is 3.24. The van der Waals surface area contributed by atoms with Gasteiger partial charge in [-0.25, -0.2) is 18.4 Å². The first-order valence-corrected chi connectivity index (χ1v) is 9.57. The molecule has 0 atom stereocenters. The topological polar surface area (TPSA) is 69.2 Å². The maximum Gasteiger partial charge on any atom is 0.217 e. The van der Waals surface area contributed by atoms with E-state index in [1.165, 1.54) is 12.6 Å². The lowest BCUT2D eigenvalue weighted by Crippen LogP contribution is -1.98. The van der Waals surface area contributed by atoms with E-state index >= 15 is 0 Å². The van der Waals surface area contributed by atoms with Gasteiger partial charge in [-0.2, -0.15) is 0 Å². The maximum atomic E-state index is 11.5. The normalized spacial score (nSPS) is 11.3. The summed E-state index contributed by atoms with van der Waals surface area (Å²) < 4.78 is 28.6. The third kappa shape index (κ3) is 3.94. The van der Waals surface area contributed by atoms with Gasteiger partial charge in [0.25, 0.3) is 0 Å². The van der Waals surface area contributed by atoms with Crippen LogP contribution < -0.4 is 4.74 Å². The summed E-state index contributed by atoms with van der Waals surface area (Å²) in [5, 5.41) is 1.99. The summed E-state index contributed by atoms with van der Waals surface area (Å²) in [5.74, 6) is 0.482. The summed E-state index contributed by atoms with van der Waals surface area (Å²) in [6, 6.07) is 12.3. The molecule has 3 rings (SSSR count). The summed E-state index contributed by atoms with van der Waals surface area (Å²) >= 11 is 1.62. The van der Waals surface area contributed by atoms with Crippen molar-refractivity contribution in [2.24, 2.45) is 0 Å². The van der Waals surface area contributed by atoms with E-state index in [2.05, 4.69) is 9.97 Å². The molecule has 5 nitrogen and oxygen atoms in total. The zero-order valence-corrected chi connectivity index (χ0v) is 14.0. The summed E-state index contributed by atoms with van der Waals surface area (Å²) in [6.07, 6.45) is 2.62. The van der Waals surface area contributed by atoms with Crippen LogP contribution in [0.15, 0.2) is 59.1 Å². The van der Waals surface area contributed by atoms with Gasteiger partial charge in [-0.05, 0) is 23.6 Å². The zero-order valence-electron chi connectivity index (χ0n) is 12.3. The molecule has 2 heterocycles. The zero-order chi connectivity index (χ0) is 16.3. The Morgan fingerprint density at radius 2 is 1.91 bits per heavy atom. The van der Waals surface area contributed by atoms with Crippen molar-refractivity contribution in [2.45, 2.75) is 11.5 Å². The Morgan fingerprint density at radius 1 is 1.13 bits per heavy atom. The van der Waals surface area contributed by atoms with E-state index in [0.29, 0.717) is 18.2 Å². The molecule has 0 saturated carbocycles. The first-order valence-electron chi connectivity index (χ1n) is 6.80. The van der Waals surface area contributed by atoms with Crippen molar-refractivity contribution in [1.82, 2.24) is 9.97 Å². The van der Waals surface area contributed by atoms with Crippen LogP contribution in [0.2, 0.25) is 0 Å². The van der Waals surface area contributed by atoms with Crippen molar-refractivity contribution >= 4 is 21.2 Å². The van der Waals surface area contributed by atoms with Gasteiger partial charge in [0.1, 0.15) is 12.9 Å². The lowest BCUT2D eigenvalue weighted by Gasteiger charge is -2.06. The highest BCUT2D eigenvalue weighted by Crippen LogP contribution is 2.22. The third-order valence-corrected chi connectivity index (χ3v) is 5.14. The number of thiophene rings is 1. The van der Waals surface area contributed by atoms with Crippen molar-refractivity contribution in [3.63, 3.8) is 0 Å². The van der Waals surface area contributed by atoms with Crippen LogP contribution in [0.5, 0.6) is 5.88 Å². The van der Waals surface area contributed by atoms with Gasteiger partial charge < -0.3 is 4.74 Å². The van der Waals surface area contributed by atoms with E-state index in [1.807, 2.05) is 17.5 Å². The molecule has 0 aliphatic carbocycles. The van der Waals surface area contributed by atoms with Crippen molar-refractivity contribution in [3.05, 3.63) is 59.0 Å². The molecule has 0 bridgehead atoms. The SMILES string of the molecule is CS(=O)(=O)c1ccc(-c2cc(OCc3cccs3)ncn2)cc1. The smallest absolute Gasteiger partial charge is 0.217 e. The van der Waals surface area contributed by atoms with Gasteiger partial charge in [0, 0.05) is 22.8 Å². The minimum Gasteiger partial charge on any atom is -0.472 e. The minimum atomic E-state index is -3.20. The standard InChI is InChI=1S/C16H14N2O3S2/c1-23(19,20)14-6-4-12(5-7-14)15-9-16(18-11-17-15)21-10-13-3-2-8-22-13/h2-9,11H,10H2,1H3. The molecule has 7 heteroatoms. The Hall–Kier alpha value is -2.25. The molecule has 0 fully saturated rings. The average Bonchev–Trinajstić information content (AvgIpc) is 3.06. The summed E-state index contributed by atoms with van der Waals surface area (Å²) in [6.45, 7) is 0.459. The molecule has 0 spiro atoms. The second-order valence-electron chi connectivity index (χ2n) is 4.91. The molecule has 1 aromatic carbocycles. The van der Waals surface area contributed by atoms with Crippen LogP contribution in [0.4, 0.5) is 0 Å². The molecule has 0 saturated heterocycles. The highest BCUT2D eigenvalue weighted by atomic mass is 32.2. The number of aromatic nitrogens is 2. The van der Waals surface area contributed by atoms with Crippen LogP contribution >= 0.6 is 11.3 Å². The fourth-order valence-electron chi connectivity index (χ4n) is 1.99. The van der Waals surface area contributed by atoms with Crippen LogP contribution in [0.1, 0.15) is 4.88 Å². The van der Waals surface area contributed by atoms with Crippen LogP contribution in [0, 0.1) is 0 Å². The molecule has 3 aromatic rings. The van der Waals surface area contributed by atoms with Crippen molar-refractivity contribution in [1.29, 1.82) is 0 Å². The Labute approximate surface area is 138 Å². The number of hydrogen-bond donors (Lipinski definition) is 0. The molecule has 0 N–H and O–H groups in total. The molecule has 0 unspecified atom stereocenters. The highest BCUT2D eigenvalue weighted by molar-refractivity contribution is 7.90. The van der Waals surface area contributed by atoms with E-state index in [9.17, 15) is 8.42 Å². The van der Waals surface area contributed by atoms with Gasteiger partial charge >= 0.3 is 0 Å². The highest BCUT2D eigenvalue weighted by Gasteiger charge is 2.08. The van der Waals surface area contributed by atoms with Crippen molar-refractivity contribution < 1.29 is 13.2 Å². The minimum absolute atomic E-state index is 0.282. The first kappa shape index (κ1) is 15.6. The van der Waals surface area contributed by atoms with Crippen LogP contribution in [-0.4, -0.2) is 24.6 Å². The Morgan fingerprint density at radius 3 is 2.57 bits per heavy atom. The van der Waals surface area contributed by atoms with Gasteiger partial charge in [-0.1, -0.05) is 18.2 Å². The molecule has 0 amide bonds. The molecular weight excluding hydrogens is 332 g/mol. The van der Waals surface area contributed by atoms with E-state index < -0.39 is 9.84 Å². The van der Waals surface area contributed by atoms with Crippen LogP contribution in [-0.2, 0) is 16.4 Å². The van der Waals surface area contributed by atoms with Gasteiger partial charge in [0.15, 0.2) is 9.84 Å². The van der Waals surface area contributed by atoms with Gasteiger partial charge in [0.2, 0.25) is 5.88 Å². The molecule has 0 aliphatic heterocycles. The lowest BCUT2D eigenvalue weighted by atomic mass is 10.1. The number of sulfone groups is 1. The molecule has 23 heavy (non-hydrogen) atoms. The predicted octanol–water partition coefficient (Wildman–Crippen LogP) is 3.19. The predicted molar refractivity (Wildman–Crippen MR) is 89.2 cm³/mol. The second kappa shape index (κ2) is 6.47. The van der Waals surface area contributed by atoms with Crippen LogP contribution in [0.3, 0.4) is 0 Å². The van der Waals surface area contributed by atoms with E-state index in [0.717, 1.165) is 10.4 Å². The largest absolute Gasteiger partial charge is 0.472 e. The van der Waals surface area contributed by atoms with E-state index in [-0.39, 0.29) is 4.90 Å². The second-order valence-corrected chi connectivity index (χ2v) is 7.95. The number of rotatable bonds is 5. The van der Waals surface area contributed by atoms with Crippen molar-refractivity contribution in [3.8, 4) is 17.1 Å². The third-order valence-electron chi connectivity index (χ3n) is 3.16. The Bertz CT molecular complexity index is 889. The number of benzene rings is 1. The van der Waals surface area contributed by atoms with Crippen molar-refractivity contribution in [2.75, 3.05) is 6.26 Å². The van der Waals surface area contributed by atoms with Gasteiger partial charge in [0.05, 0.1) is 10.6 Å². The summed E-state index contributed by atoms with van der Waals surface area (Å²) in [4.78, 5) is 9.70. The number of hydrogen-bond acceptors (Lipinski definition) is 6. The Balaban J connectivity index is 1.79.